The Bertz CT molecular complexity index is 650. The summed E-state index contributed by atoms with van der Waals surface area (Å²) in [6.45, 7) is 7.55. The van der Waals surface area contributed by atoms with Gasteiger partial charge in [-0.25, -0.2) is 13.2 Å². The first-order valence-electron chi connectivity index (χ1n) is 7.50. The van der Waals surface area contributed by atoms with Gasteiger partial charge < -0.3 is 9.64 Å². The Morgan fingerprint density at radius 3 is 2.61 bits per heavy atom. The summed E-state index contributed by atoms with van der Waals surface area (Å²) in [5.74, 6) is -0.0830. The van der Waals surface area contributed by atoms with Crippen molar-refractivity contribution in [3.63, 3.8) is 0 Å². The van der Waals surface area contributed by atoms with Crippen LogP contribution in [0, 0.1) is 5.82 Å². The van der Waals surface area contributed by atoms with E-state index in [1.165, 1.54) is 11.0 Å². The van der Waals surface area contributed by atoms with Crippen molar-refractivity contribution in [1.82, 2.24) is 4.90 Å². The van der Waals surface area contributed by atoms with Gasteiger partial charge in [0.05, 0.1) is 18.8 Å². The Balaban J connectivity index is 2.36. The van der Waals surface area contributed by atoms with Crippen LogP contribution in [-0.2, 0) is 0 Å². The lowest BCUT2D eigenvalue weighted by molar-refractivity contribution is 0.123. The van der Waals surface area contributed by atoms with E-state index in [-0.39, 0.29) is 5.56 Å². The van der Waals surface area contributed by atoms with Crippen LogP contribution in [0.3, 0.4) is 0 Å². The molecule has 0 atom stereocenters. The van der Waals surface area contributed by atoms with Gasteiger partial charge in [0.2, 0.25) is 0 Å². The van der Waals surface area contributed by atoms with E-state index >= 15 is 0 Å². The van der Waals surface area contributed by atoms with Gasteiger partial charge in [-0.1, -0.05) is 19.6 Å². The first-order valence-corrected chi connectivity index (χ1v) is 7.50. The standard InChI is InChI=1S/C18H20F3NO/c1-4-9-23-14-6-7-15(16(19)10-14)17-8-5-12(2)13(3)22(17)11-18(20)21/h5-8,10,18H,3-4,9,11H2,1-2H3. The zero-order chi connectivity index (χ0) is 17.0. The number of nitrogens with zero attached hydrogens (tertiary/aromatic N) is 1. The Hall–Kier alpha value is -2.17. The minimum Gasteiger partial charge on any atom is -0.494 e. The van der Waals surface area contributed by atoms with Crippen molar-refractivity contribution >= 4 is 5.70 Å². The molecule has 2 rings (SSSR count). The Labute approximate surface area is 134 Å². The van der Waals surface area contributed by atoms with Gasteiger partial charge >= 0.3 is 0 Å². The van der Waals surface area contributed by atoms with Gasteiger partial charge in [-0.15, -0.1) is 0 Å². The van der Waals surface area contributed by atoms with E-state index in [2.05, 4.69) is 6.58 Å². The third-order valence-electron chi connectivity index (χ3n) is 3.57. The van der Waals surface area contributed by atoms with Gasteiger partial charge in [0.15, 0.2) is 0 Å². The average Bonchev–Trinajstić information content (AvgIpc) is 2.50. The molecular weight excluding hydrogens is 303 g/mol. The first-order chi connectivity index (χ1) is 10.9. The van der Waals surface area contributed by atoms with E-state index in [1.54, 1.807) is 31.2 Å². The van der Waals surface area contributed by atoms with Crippen LogP contribution in [0.25, 0.3) is 5.70 Å². The molecule has 1 aliphatic rings. The molecule has 23 heavy (non-hydrogen) atoms. The average molecular weight is 323 g/mol. The van der Waals surface area contributed by atoms with Gasteiger partial charge in [-0.3, -0.25) is 0 Å². The van der Waals surface area contributed by atoms with Crippen LogP contribution in [0.4, 0.5) is 13.2 Å². The van der Waals surface area contributed by atoms with Crippen molar-refractivity contribution in [2.75, 3.05) is 13.2 Å². The maximum atomic E-state index is 14.4. The van der Waals surface area contributed by atoms with E-state index in [0.29, 0.717) is 23.8 Å². The molecule has 0 aromatic heterocycles. The molecule has 0 amide bonds. The number of ether oxygens (including phenoxy) is 1. The van der Waals surface area contributed by atoms with Crippen molar-refractivity contribution in [1.29, 1.82) is 0 Å². The molecule has 1 aromatic rings. The van der Waals surface area contributed by atoms with E-state index < -0.39 is 18.8 Å². The van der Waals surface area contributed by atoms with E-state index in [9.17, 15) is 13.2 Å². The smallest absolute Gasteiger partial charge is 0.256 e. The first kappa shape index (κ1) is 17.2. The molecule has 2 nitrogen and oxygen atoms in total. The molecule has 1 heterocycles. The quantitative estimate of drug-likeness (QED) is 0.731. The highest BCUT2D eigenvalue weighted by Crippen LogP contribution is 2.33. The molecule has 0 saturated carbocycles. The van der Waals surface area contributed by atoms with Crippen molar-refractivity contribution in [3.8, 4) is 5.75 Å². The van der Waals surface area contributed by atoms with Gasteiger partial charge in [0.1, 0.15) is 11.6 Å². The highest BCUT2D eigenvalue weighted by molar-refractivity contribution is 5.71. The van der Waals surface area contributed by atoms with Crippen LogP contribution < -0.4 is 4.74 Å². The zero-order valence-electron chi connectivity index (χ0n) is 13.3. The minimum atomic E-state index is -2.55. The molecule has 0 saturated heterocycles. The van der Waals surface area contributed by atoms with Crippen LogP contribution in [-0.4, -0.2) is 24.5 Å². The number of hydrogen-bond acceptors (Lipinski definition) is 2. The molecule has 0 fully saturated rings. The lowest BCUT2D eigenvalue weighted by atomic mass is 10.0. The number of halogens is 3. The molecule has 5 heteroatoms. The maximum absolute atomic E-state index is 14.4. The fourth-order valence-corrected chi connectivity index (χ4v) is 2.34. The second-order valence-corrected chi connectivity index (χ2v) is 5.34. The lowest BCUT2D eigenvalue weighted by Gasteiger charge is -2.32. The maximum Gasteiger partial charge on any atom is 0.256 e. The molecule has 1 aromatic carbocycles. The van der Waals surface area contributed by atoms with Crippen molar-refractivity contribution in [2.24, 2.45) is 0 Å². The molecule has 124 valence electrons. The molecule has 0 N–H and O–H groups in total. The third-order valence-corrected chi connectivity index (χ3v) is 3.57. The van der Waals surface area contributed by atoms with Gasteiger partial charge in [-0.05, 0) is 37.1 Å². The van der Waals surface area contributed by atoms with Crippen LogP contribution in [0.5, 0.6) is 5.75 Å². The Kier molecular flexibility index (Phi) is 5.53. The molecule has 0 unspecified atom stereocenters. The number of benzene rings is 1. The SMILES string of the molecule is C=C1C(C)=CC=C(c2ccc(OCCC)cc2F)N1CC(F)F. The van der Waals surface area contributed by atoms with Crippen molar-refractivity contribution < 1.29 is 17.9 Å². The predicted molar refractivity (Wildman–Crippen MR) is 85.8 cm³/mol. The predicted octanol–water partition coefficient (Wildman–Crippen LogP) is 5.00. The number of hydrogen-bond donors (Lipinski definition) is 0. The van der Waals surface area contributed by atoms with Gasteiger partial charge in [0, 0.05) is 17.3 Å². The summed E-state index contributed by atoms with van der Waals surface area (Å²) in [6.07, 6.45) is 1.66. The van der Waals surface area contributed by atoms with Crippen molar-refractivity contribution in [3.05, 3.63) is 59.6 Å². The van der Waals surface area contributed by atoms with E-state index in [0.717, 1.165) is 12.0 Å². The molecule has 1 aliphatic heterocycles. The topological polar surface area (TPSA) is 12.5 Å². The Morgan fingerprint density at radius 1 is 1.26 bits per heavy atom. The van der Waals surface area contributed by atoms with Crippen LogP contribution >= 0.6 is 0 Å². The highest BCUT2D eigenvalue weighted by Gasteiger charge is 2.24. The Morgan fingerprint density at radius 2 is 2.00 bits per heavy atom. The third kappa shape index (κ3) is 3.97. The monoisotopic (exact) mass is 323 g/mol. The molecule has 0 spiro atoms. The summed E-state index contributed by atoms with van der Waals surface area (Å²) in [5, 5.41) is 0. The molecular formula is C18H20F3NO. The van der Waals surface area contributed by atoms with Crippen LogP contribution in [0.15, 0.2) is 48.2 Å². The minimum absolute atomic E-state index is 0.249. The van der Waals surface area contributed by atoms with Gasteiger partial charge in [-0.2, -0.15) is 0 Å². The van der Waals surface area contributed by atoms with Gasteiger partial charge in [0.25, 0.3) is 6.43 Å². The summed E-state index contributed by atoms with van der Waals surface area (Å²) in [5.41, 5.74) is 1.85. The second kappa shape index (κ2) is 7.40. The van der Waals surface area contributed by atoms with E-state index in [4.69, 9.17) is 4.74 Å². The fourth-order valence-electron chi connectivity index (χ4n) is 2.34. The summed E-state index contributed by atoms with van der Waals surface area (Å²) < 4.78 is 45.5. The largest absolute Gasteiger partial charge is 0.494 e. The second-order valence-electron chi connectivity index (χ2n) is 5.34. The lowest BCUT2D eigenvalue weighted by Crippen LogP contribution is -2.29. The van der Waals surface area contributed by atoms with Crippen molar-refractivity contribution in [2.45, 2.75) is 26.7 Å². The zero-order valence-corrected chi connectivity index (χ0v) is 13.3. The molecule has 0 radical (unpaired) electrons. The normalized spacial score (nSPS) is 14.9. The fraction of sp³-hybridized carbons (Fsp3) is 0.333. The van der Waals surface area contributed by atoms with E-state index in [1.807, 2.05) is 6.92 Å². The van der Waals surface area contributed by atoms with Crippen LogP contribution in [0.1, 0.15) is 25.8 Å². The highest BCUT2D eigenvalue weighted by atomic mass is 19.3. The summed E-state index contributed by atoms with van der Waals surface area (Å²) in [4.78, 5) is 1.35. The molecule has 0 bridgehead atoms. The summed E-state index contributed by atoms with van der Waals surface area (Å²) in [7, 11) is 0. The molecule has 0 aliphatic carbocycles. The number of rotatable bonds is 6. The van der Waals surface area contributed by atoms with Crippen LogP contribution in [0.2, 0.25) is 0 Å². The summed E-state index contributed by atoms with van der Waals surface area (Å²) >= 11 is 0. The number of allylic oxidation sites excluding steroid dienone is 3. The number of alkyl halides is 2. The summed E-state index contributed by atoms with van der Waals surface area (Å²) in [6, 6.07) is 4.47.